The van der Waals surface area contributed by atoms with E-state index in [1.807, 2.05) is 30.3 Å². The first-order chi connectivity index (χ1) is 13.1. The normalized spacial score (nSPS) is 14.6. The van der Waals surface area contributed by atoms with Crippen LogP contribution < -0.4 is 5.32 Å². The summed E-state index contributed by atoms with van der Waals surface area (Å²) in [6, 6.07) is 13.9. The number of piperidine rings is 1. The van der Waals surface area contributed by atoms with Gasteiger partial charge in [0.15, 0.2) is 0 Å². The van der Waals surface area contributed by atoms with Crippen LogP contribution in [0.15, 0.2) is 42.5 Å². The van der Waals surface area contributed by atoms with E-state index in [4.69, 9.17) is 0 Å². The molecule has 2 heterocycles. The molecule has 0 unspecified atom stereocenters. The minimum atomic E-state index is -0.159. The molecule has 5 nitrogen and oxygen atoms in total. The van der Waals surface area contributed by atoms with E-state index in [1.54, 1.807) is 16.2 Å². The van der Waals surface area contributed by atoms with E-state index in [9.17, 15) is 9.59 Å². The van der Waals surface area contributed by atoms with Crippen LogP contribution in [0.1, 0.15) is 24.8 Å². The second-order valence-electron chi connectivity index (χ2n) is 6.89. The number of hydrogen-bond acceptors (Lipinski definition) is 4. The maximum atomic E-state index is 12.2. The van der Waals surface area contributed by atoms with Crippen LogP contribution in [-0.4, -0.2) is 34.8 Å². The standard InChI is InChI=1S/C21H21N3O2S/c1-14-5-10-17-18(12-14)27-21(23-17)15-6-8-16(9-7-15)22-19(25)13-24-11-3-2-4-20(24)26/h5-10,12H,2-4,11,13H2,1H3,(H,22,25). The molecule has 138 valence electrons. The highest BCUT2D eigenvalue weighted by Gasteiger charge is 2.20. The zero-order valence-corrected chi connectivity index (χ0v) is 16.0. The molecule has 2 amide bonds. The molecule has 1 aliphatic heterocycles. The average molecular weight is 379 g/mol. The molecule has 1 fully saturated rings. The topological polar surface area (TPSA) is 62.3 Å². The lowest BCUT2D eigenvalue weighted by molar-refractivity contribution is -0.136. The van der Waals surface area contributed by atoms with Gasteiger partial charge < -0.3 is 10.2 Å². The molecule has 0 aliphatic carbocycles. The minimum Gasteiger partial charge on any atom is -0.333 e. The fourth-order valence-electron chi connectivity index (χ4n) is 3.25. The van der Waals surface area contributed by atoms with Crippen molar-refractivity contribution in [2.45, 2.75) is 26.2 Å². The molecule has 0 spiro atoms. The van der Waals surface area contributed by atoms with Crippen molar-refractivity contribution in [3.8, 4) is 10.6 Å². The Balaban J connectivity index is 1.43. The number of anilines is 1. The Morgan fingerprint density at radius 3 is 2.78 bits per heavy atom. The van der Waals surface area contributed by atoms with Crippen LogP contribution in [0, 0.1) is 6.92 Å². The summed E-state index contributed by atoms with van der Waals surface area (Å²) in [4.78, 5) is 30.4. The molecule has 27 heavy (non-hydrogen) atoms. The Hall–Kier alpha value is -2.73. The third kappa shape index (κ3) is 4.01. The van der Waals surface area contributed by atoms with Gasteiger partial charge in [0, 0.05) is 24.2 Å². The van der Waals surface area contributed by atoms with Gasteiger partial charge in [0.2, 0.25) is 11.8 Å². The molecule has 1 aromatic heterocycles. The van der Waals surface area contributed by atoms with Crippen LogP contribution in [0.4, 0.5) is 5.69 Å². The van der Waals surface area contributed by atoms with Gasteiger partial charge >= 0.3 is 0 Å². The third-order valence-corrected chi connectivity index (χ3v) is 5.78. The number of carbonyl (C=O) groups is 2. The number of carbonyl (C=O) groups excluding carboxylic acids is 2. The Labute approximate surface area is 162 Å². The molecule has 3 aromatic rings. The lowest BCUT2D eigenvalue weighted by Gasteiger charge is -2.25. The lowest BCUT2D eigenvalue weighted by Crippen LogP contribution is -2.40. The van der Waals surface area contributed by atoms with E-state index in [-0.39, 0.29) is 18.4 Å². The molecule has 1 saturated heterocycles. The average Bonchev–Trinajstić information content (AvgIpc) is 3.07. The number of hydrogen-bond donors (Lipinski definition) is 1. The first-order valence-electron chi connectivity index (χ1n) is 9.14. The van der Waals surface area contributed by atoms with Crippen LogP contribution >= 0.6 is 11.3 Å². The van der Waals surface area contributed by atoms with Crippen molar-refractivity contribution >= 4 is 39.1 Å². The second-order valence-corrected chi connectivity index (χ2v) is 7.92. The van der Waals surface area contributed by atoms with Crippen molar-refractivity contribution < 1.29 is 9.59 Å². The van der Waals surface area contributed by atoms with Gasteiger partial charge in [-0.2, -0.15) is 0 Å². The number of nitrogens with one attached hydrogen (secondary N) is 1. The van der Waals surface area contributed by atoms with Crippen molar-refractivity contribution in [1.82, 2.24) is 9.88 Å². The second kappa shape index (κ2) is 7.48. The molecule has 1 aliphatic rings. The van der Waals surface area contributed by atoms with Gasteiger partial charge in [0.05, 0.1) is 16.8 Å². The summed E-state index contributed by atoms with van der Waals surface area (Å²) in [5.74, 6) is -0.0914. The number of aryl methyl sites for hydroxylation is 1. The van der Waals surface area contributed by atoms with Crippen molar-refractivity contribution in [2.24, 2.45) is 0 Å². The monoisotopic (exact) mass is 379 g/mol. The Morgan fingerprint density at radius 1 is 1.19 bits per heavy atom. The third-order valence-electron chi connectivity index (χ3n) is 4.72. The summed E-state index contributed by atoms with van der Waals surface area (Å²) in [5, 5.41) is 3.84. The predicted octanol–water partition coefficient (Wildman–Crippen LogP) is 4.22. The van der Waals surface area contributed by atoms with E-state index in [0.717, 1.165) is 34.6 Å². The maximum Gasteiger partial charge on any atom is 0.243 e. The molecule has 0 saturated carbocycles. The fourth-order valence-corrected chi connectivity index (χ4v) is 4.32. The number of benzene rings is 2. The molecule has 0 atom stereocenters. The predicted molar refractivity (Wildman–Crippen MR) is 109 cm³/mol. The molecule has 4 rings (SSSR count). The molecule has 6 heteroatoms. The maximum absolute atomic E-state index is 12.2. The van der Waals surface area contributed by atoms with Crippen LogP contribution in [0.3, 0.4) is 0 Å². The summed E-state index contributed by atoms with van der Waals surface area (Å²) in [6.07, 6.45) is 2.43. The Bertz CT molecular complexity index is 994. The largest absolute Gasteiger partial charge is 0.333 e. The summed E-state index contributed by atoms with van der Waals surface area (Å²) in [6.45, 7) is 2.87. The molecule has 0 radical (unpaired) electrons. The smallest absolute Gasteiger partial charge is 0.243 e. The lowest BCUT2D eigenvalue weighted by atomic mass is 10.1. The number of fused-ring (bicyclic) bond motifs is 1. The van der Waals surface area contributed by atoms with Crippen molar-refractivity contribution in [1.29, 1.82) is 0 Å². The summed E-state index contributed by atoms with van der Waals surface area (Å²) >= 11 is 1.67. The van der Waals surface area contributed by atoms with E-state index in [0.29, 0.717) is 13.0 Å². The van der Waals surface area contributed by atoms with E-state index < -0.39 is 0 Å². The number of nitrogens with zero attached hydrogens (tertiary/aromatic N) is 2. The van der Waals surface area contributed by atoms with Gasteiger partial charge in [-0.05, 0) is 61.7 Å². The van der Waals surface area contributed by atoms with Crippen LogP contribution in [-0.2, 0) is 9.59 Å². The van der Waals surface area contributed by atoms with Crippen LogP contribution in [0.25, 0.3) is 20.8 Å². The molecular formula is C21H21N3O2S. The van der Waals surface area contributed by atoms with Crippen molar-refractivity contribution in [3.63, 3.8) is 0 Å². The van der Waals surface area contributed by atoms with Gasteiger partial charge in [-0.3, -0.25) is 9.59 Å². The Kier molecular flexibility index (Phi) is 4.90. The summed E-state index contributed by atoms with van der Waals surface area (Å²) in [5.41, 5.74) is 3.98. The number of likely N-dealkylation sites (tertiary alicyclic amines) is 1. The van der Waals surface area contributed by atoms with E-state index >= 15 is 0 Å². The molecule has 0 bridgehead atoms. The fraction of sp³-hybridized carbons (Fsp3) is 0.286. The Morgan fingerprint density at radius 2 is 2.00 bits per heavy atom. The highest BCUT2D eigenvalue weighted by Crippen LogP contribution is 2.31. The van der Waals surface area contributed by atoms with Gasteiger partial charge in [-0.15, -0.1) is 11.3 Å². The van der Waals surface area contributed by atoms with Crippen molar-refractivity contribution in [2.75, 3.05) is 18.4 Å². The molecular weight excluding hydrogens is 358 g/mol. The highest BCUT2D eigenvalue weighted by molar-refractivity contribution is 7.21. The van der Waals surface area contributed by atoms with Crippen LogP contribution in [0.2, 0.25) is 0 Å². The highest BCUT2D eigenvalue weighted by atomic mass is 32.1. The van der Waals surface area contributed by atoms with Crippen molar-refractivity contribution in [3.05, 3.63) is 48.0 Å². The summed E-state index contributed by atoms with van der Waals surface area (Å²) < 4.78 is 1.17. The number of aromatic nitrogens is 1. The van der Waals surface area contributed by atoms with E-state index in [2.05, 4.69) is 29.4 Å². The number of amides is 2. The SMILES string of the molecule is Cc1ccc2nc(-c3ccc(NC(=O)CN4CCCCC4=O)cc3)sc2c1. The van der Waals surface area contributed by atoms with Gasteiger partial charge in [0.25, 0.3) is 0 Å². The number of thiazole rings is 1. The zero-order valence-electron chi connectivity index (χ0n) is 15.2. The quantitative estimate of drug-likeness (QED) is 0.738. The molecule has 1 N–H and O–H groups in total. The zero-order chi connectivity index (χ0) is 18.8. The number of rotatable bonds is 4. The van der Waals surface area contributed by atoms with E-state index in [1.165, 1.54) is 10.3 Å². The molecule has 2 aromatic carbocycles. The van der Waals surface area contributed by atoms with Crippen LogP contribution in [0.5, 0.6) is 0 Å². The van der Waals surface area contributed by atoms with Gasteiger partial charge in [-0.1, -0.05) is 6.07 Å². The van der Waals surface area contributed by atoms with Gasteiger partial charge in [-0.25, -0.2) is 4.98 Å². The first kappa shape index (κ1) is 17.7. The first-order valence-corrected chi connectivity index (χ1v) is 9.95. The van der Waals surface area contributed by atoms with Gasteiger partial charge in [0.1, 0.15) is 5.01 Å². The minimum absolute atomic E-state index is 0.0674. The summed E-state index contributed by atoms with van der Waals surface area (Å²) in [7, 11) is 0.